The van der Waals surface area contributed by atoms with E-state index >= 15 is 0 Å². The Morgan fingerprint density at radius 2 is 2.17 bits per heavy atom. The number of carbonyl (C=O) groups is 2. The summed E-state index contributed by atoms with van der Waals surface area (Å²) in [6.45, 7) is 0. The van der Waals surface area contributed by atoms with Gasteiger partial charge in [0, 0.05) is 17.4 Å². The Morgan fingerprint density at radius 3 is 2.90 bits per heavy atom. The Bertz CT molecular complexity index is 1000. The molecule has 2 heterocycles. The number of furan rings is 1. The van der Waals surface area contributed by atoms with E-state index in [4.69, 9.17) is 9.15 Å². The first kappa shape index (κ1) is 21.7. The number of rotatable bonds is 8. The molecule has 156 valence electrons. The highest BCUT2D eigenvalue weighted by molar-refractivity contribution is 8.18. The molecule has 1 amide bonds. The number of amidine groups is 1. The van der Waals surface area contributed by atoms with Crippen LogP contribution in [0.4, 0.5) is 0 Å². The van der Waals surface area contributed by atoms with Gasteiger partial charge in [0.25, 0.3) is 5.91 Å². The van der Waals surface area contributed by atoms with Crippen molar-refractivity contribution in [3.63, 3.8) is 0 Å². The predicted octanol–water partition coefficient (Wildman–Crippen LogP) is 3.33. The second-order valence-electron chi connectivity index (χ2n) is 5.88. The zero-order chi connectivity index (χ0) is 21.3. The van der Waals surface area contributed by atoms with Crippen LogP contribution in [0.2, 0.25) is 0 Å². The van der Waals surface area contributed by atoms with E-state index in [2.05, 4.69) is 20.3 Å². The van der Waals surface area contributed by atoms with Gasteiger partial charge in [0.2, 0.25) is 0 Å². The third-order valence-electron chi connectivity index (χ3n) is 3.84. The smallest absolute Gasteiger partial charge is 0.331 e. The van der Waals surface area contributed by atoms with Gasteiger partial charge < -0.3 is 13.9 Å². The van der Waals surface area contributed by atoms with Crippen molar-refractivity contribution >= 4 is 46.8 Å². The minimum atomic E-state index is -0.604. The highest BCUT2D eigenvalue weighted by atomic mass is 32.2. The largest absolute Gasteiger partial charge is 0.496 e. The molecule has 1 aliphatic heterocycles. The highest BCUT2D eigenvalue weighted by Gasteiger charge is 2.25. The van der Waals surface area contributed by atoms with Crippen LogP contribution in [0.1, 0.15) is 16.9 Å². The second kappa shape index (κ2) is 10.7. The highest BCUT2D eigenvalue weighted by Crippen LogP contribution is 2.26. The number of ether oxygens (including phenoxy) is 2. The van der Waals surface area contributed by atoms with Crippen molar-refractivity contribution in [1.82, 2.24) is 5.32 Å². The fraction of sp³-hybridized carbons (Fsp3) is 0.200. The average molecular weight is 446 g/mol. The van der Waals surface area contributed by atoms with Gasteiger partial charge in [-0.3, -0.25) is 10.1 Å². The van der Waals surface area contributed by atoms with E-state index < -0.39 is 11.9 Å². The summed E-state index contributed by atoms with van der Waals surface area (Å²) in [6.07, 6.45) is 4.36. The van der Waals surface area contributed by atoms with Crippen LogP contribution in [-0.4, -0.2) is 37.5 Å². The van der Waals surface area contributed by atoms with Crippen molar-refractivity contribution in [1.29, 1.82) is 0 Å². The van der Waals surface area contributed by atoms with Gasteiger partial charge in [0.15, 0.2) is 5.17 Å². The SMILES string of the molecule is COC(=O)/C=C1/S/C(=N\N=Cc2ccc(OC)c(CSCc3ccco3)c2)NC1=O. The summed E-state index contributed by atoms with van der Waals surface area (Å²) in [6, 6.07) is 9.53. The van der Waals surface area contributed by atoms with Gasteiger partial charge in [0.1, 0.15) is 11.5 Å². The molecule has 0 atom stereocenters. The normalized spacial score (nSPS) is 16.4. The van der Waals surface area contributed by atoms with Crippen LogP contribution in [0.5, 0.6) is 5.75 Å². The molecule has 0 aliphatic carbocycles. The van der Waals surface area contributed by atoms with E-state index in [1.165, 1.54) is 7.11 Å². The third-order valence-corrected chi connectivity index (χ3v) is 5.75. The van der Waals surface area contributed by atoms with E-state index in [0.29, 0.717) is 0 Å². The minimum Gasteiger partial charge on any atom is -0.496 e. The first-order valence-electron chi connectivity index (χ1n) is 8.76. The number of thioether (sulfide) groups is 2. The van der Waals surface area contributed by atoms with E-state index in [1.807, 2.05) is 30.3 Å². The number of esters is 1. The summed E-state index contributed by atoms with van der Waals surface area (Å²) < 4.78 is 15.3. The summed E-state index contributed by atoms with van der Waals surface area (Å²) in [5.74, 6) is 2.20. The molecule has 3 rings (SSSR count). The third kappa shape index (κ3) is 6.01. The molecular formula is C20H19N3O5S2. The summed E-state index contributed by atoms with van der Waals surface area (Å²) >= 11 is 2.73. The van der Waals surface area contributed by atoms with Crippen molar-refractivity contribution in [2.45, 2.75) is 11.5 Å². The van der Waals surface area contributed by atoms with Gasteiger partial charge in [-0.05, 0) is 47.7 Å². The number of carbonyl (C=O) groups excluding carboxylic acids is 2. The van der Waals surface area contributed by atoms with Crippen molar-refractivity contribution < 1.29 is 23.5 Å². The monoisotopic (exact) mass is 445 g/mol. The molecule has 8 nitrogen and oxygen atoms in total. The van der Waals surface area contributed by atoms with Crippen molar-refractivity contribution in [2.75, 3.05) is 14.2 Å². The summed E-state index contributed by atoms with van der Waals surface area (Å²) in [4.78, 5) is 23.3. The van der Waals surface area contributed by atoms with Crippen LogP contribution in [0.15, 0.2) is 62.2 Å². The van der Waals surface area contributed by atoms with Gasteiger partial charge in [0.05, 0.1) is 37.4 Å². The Morgan fingerprint density at radius 1 is 1.30 bits per heavy atom. The molecule has 1 aromatic heterocycles. The van der Waals surface area contributed by atoms with E-state index in [-0.39, 0.29) is 10.1 Å². The van der Waals surface area contributed by atoms with Gasteiger partial charge in [-0.25, -0.2) is 4.79 Å². The van der Waals surface area contributed by atoms with Crippen LogP contribution in [0.3, 0.4) is 0 Å². The Labute approximate surface area is 181 Å². The lowest BCUT2D eigenvalue weighted by molar-refractivity contribution is -0.135. The summed E-state index contributed by atoms with van der Waals surface area (Å²) in [5, 5.41) is 10.9. The molecule has 30 heavy (non-hydrogen) atoms. The molecule has 0 radical (unpaired) electrons. The molecule has 0 saturated carbocycles. The zero-order valence-electron chi connectivity index (χ0n) is 16.3. The maximum Gasteiger partial charge on any atom is 0.331 e. The van der Waals surface area contributed by atoms with E-state index in [0.717, 1.165) is 52.0 Å². The number of hydrogen-bond acceptors (Lipinski definition) is 9. The van der Waals surface area contributed by atoms with Crippen LogP contribution in [0.25, 0.3) is 0 Å². The second-order valence-corrected chi connectivity index (χ2v) is 7.90. The fourth-order valence-electron chi connectivity index (χ4n) is 2.44. The molecule has 10 heteroatoms. The summed E-state index contributed by atoms with van der Waals surface area (Å²) in [7, 11) is 2.88. The van der Waals surface area contributed by atoms with Crippen LogP contribution in [-0.2, 0) is 25.8 Å². The molecule has 2 aromatic rings. The molecule has 1 aliphatic rings. The van der Waals surface area contributed by atoms with E-state index in [1.54, 1.807) is 31.3 Å². The molecule has 0 bridgehead atoms. The van der Waals surface area contributed by atoms with Gasteiger partial charge >= 0.3 is 5.97 Å². The predicted molar refractivity (Wildman–Crippen MR) is 118 cm³/mol. The fourth-order valence-corrected chi connectivity index (χ4v) is 4.09. The number of methoxy groups -OCH3 is 2. The van der Waals surface area contributed by atoms with Gasteiger partial charge in [-0.15, -0.1) is 16.9 Å². The molecule has 1 saturated heterocycles. The molecule has 1 aromatic carbocycles. The molecule has 1 fully saturated rings. The molecule has 1 N–H and O–H groups in total. The molecular weight excluding hydrogens is 426 g/mol. The number of benzene rings is 1. The van der Waals surface area contributed by atoms with Crippen molar-refractivity contribution in [3.05, 3.63) is 64.5 Å². The standard InChI is InChI=1S/C20H19N3O5S2/c1-26-16-6-5-13(8-14(16)11-29-12-15-4-3-7-28-15)10-21-23-20-22-19(25)17(30-20)9-18(24)27-2/h3-10H,11-12H2,1-2H3,(H,22,23,25)/b17-9+,21-10?. The Hall–Kier alpha value is -2.98. The lowest BCUT2D eigenvalue weighted by atomic mass is 10.1. The topological polar surface area (TPSA) is 102 Å². The van der Waals surface area contributed by atoms with Crippen LogP contribution >= 0.6 is 23.5 Å². The zero-order valence-corrected chi connectivity index (χ0v) is 17.9. The first-order valence-corrected chi connectivity index (χ1v) is 10.7. The maximum absolute atomic E-state index is 11.8. The number of amides is 1. The lowest BCUT2D eigenvalue weighted by Gasteiger charge is -2.08. The van der Waals surface area contributed by atoms with Gasteiger partial charge in [-0.2, -0.15) is 5.10 Å². The van der Waals surface area contributed by atoms with Crippen LogP contribution in [0, 0.1) is 0 Å². The van der Waals surface area contributed by atoms with Crippen molar-refractivity contribution in [3.8, 4) is 5.75 Å². The Kier molecular flexibility index (Phi) is 7.75. The maximum atomic E-state index is 11.8. The number of nitrogens with zero attached hydrogens (tertiary/aromatic N) is 2. The van der Waals surface area contributed by atoms with Gasteiger partial charge in [-0.1, -0.05) is 0 Å². The molecule has 0 spiro atoms. The van der Waals surface area contributed by atoms with E-state index in [9.17, 15) is 9.59 Å². The minimum absolute atomic E-state index is 0.205. The van der Waals surface area contributed by atoms with Crippen LogP contribution < -0.4 is 10.1 Å². The Balaban J connectivity index is 1.63. The van der Waals surface area contributed by atoms with Crippen molar-refractivity contribution in [2.24, 2.45) is 10.2 Å². The quantitative estimate of drug-likeness (QED) is 0.288. The number of nitrogens with one attached hydrogen (secondary N) is 1. The molecule has 0 unspecified atom stereocenters. The number of hydrogen-bond donors (Lipinski definition) is 1. The lowest BCUT2D eigenvalue weighted by Crippen LogP contribution is -2.19. The first-order chi connectivity index (χ1) is 14.6. The summed E-state index contributed by atoms with van der Waals surface area (Å²) in [5.41, 5.74) is 1.87. The average Bonchev–Trinajstić information content (AvgIpc) is 3.38.